The average molecular weight is 295 g/mol. The molecule has 0 saturated carbocycles. The van der Waals surface area contributed by atoms with E-state index in [9.17, 15) is 14.7 Å². The second-order valence-corrected chi connectivity index (χ2v) is 5.63. The summed E-state index contributed by atoms with van der Waals surface area (Å²) in [6.45, 7) is 2.80. The van der Waals surface area contributed by atoms with Crippen molar-refractivity contribution in [1.82, 2.24) is 25.1 Å². The molecule has 0 radical (unpaired) electrons. The van der Waals surface area contributed by atoms with Crippen LogP contribution in [0.5, 0.6) is 0 Å². The van der Waals surface area contributed by atoms with Crippen molar-refractivity contribution in [3.05, 3.63) is 17.7 Å². The quantitative estimate of drug-likeness (QED) is 0.719. The Morgan fingerprint density at radius 3 is 2.95 bits per heavy atom. The van der Waals surface area contributed by atoms with E-state index in [1.54, 1.807) is 0 Å². The number of nitrogens with zero attached hydrogens (tertiary/aromatic N) is 3. The van der Waals surface area contributed by atoms with Crippen molar-refractivity contribution in [2.75, 3.05) is 20.6 Å². The molecule has 0 saturated heterocycles. The van der Waals surface area contributed by atoms with E-state index in [1.807, 2.05) is 25.9 Å². The molecule has 1 aromatic rings. The number of aromatic amines is 1. The number of carbonyl (C=O) groups excluding carboxylic acids is 1. The summed E-state index contributed by atoms with van der Waals surface area (Å²) >= 11 is 0. The van der Waals surface area contributed by atoms with Gasteiger partial charge in [-0.15, -0.1) is 0 Å². The molecule has 0 spiro atoms. The minimum Gasteiger partial charge on any atom is -0.480 e. The van der Waals surface area contributed by atoms with Gasteiger partial charge in [0, 0.05) is 19.0 Å². The first kappa shape index (κ1) is 15.3. The highest BCUT2D eigenvalue weighted by molar-refractivity contribution is 5.83. The van der Waals surface area contributed by atoms with E-state index in [2.05, 4.69) is 15.3 Å². The van der Waals surface area contributed by atoms with Gasteiger partial charge in [0.1, 0.15) is 6.04 Å². The maximum absolute atomic E-state index is 12.3. The van der Waals surface area contributed by atoms with Gasteiger partial charge >= 0.3 is 12.0 Å². The predicted molar refractivity (Wildman–Crippen MR) is 75.8 cm³/mol. The zero-order valence-electron chi connectivity index (χ0n) is 12.5. The maximum atomic E-state index is 12.3. The summed E-state index contributed by atoms with van der Waals surface area (Å²) in [6, 6.07) is -1.31. The van der Waals surface area contributed by atoms with Crippen LogP contribution in [0.1, 0.15) is 18.3 Å². The number of carboxylic acids is 1. The molecule has 3 N–H and O–H groups in total. The molecule has 2 amide bonds. The van der Waals surface area contributed by atoms with Crippen LogP contribution in [0.3, 0.4) is 0 Å². The van der Waals surface area contributed by atoms with Crippen LogP contribution in [0, 0.1) is 0 Å². The Kier molecular flexibility index (Phi) is 4.46. The lowest BCUT2D eigenvalue weighted by atomic mass is 10.0. The fourth-order valence-electron chi connectivity index (χ4n) is 2.56. The molecule has 8 nitrogen and oxygen atoms in total. The van der Waals surface area contributed by atoms with Crippen molar-refractivity contribution in [3.63, 3.8) is 0 Å². The molecule has 1 aromatic heterocycles. The van der Waals surface area contributed by atoms with Crippen molar-refractivity contribution in [2.24, 2.45) is 0 Å². The van der Waals surface area contributed by atoms with Crippen LogP contribution in [-0.4, -0.2) is 69.6 Å². The van der Waals surface area contributed by atoms with E-state index in [1.165, 1.54) is 11.2 Å². The van der Waals surface area contributed by atoms with E-state index in [-0.39, 0.29) is 25.0 Å². The van der Waals surface area contributed by atoms with Crippen LogP contribution in [0.25, 0.3) is 0 Å². The van der Waals surface area contributed by atoms with Crippen molar-refractivity contribution >= 4 is 12.0 Å². The summed E-state index contributed by atoms with van der Waals surface area (Å²) in [6.07, 6.45) is 1.75. The zero-order chi connectivity index (χ0) is 15.6. The van der Waals surface area contributed by atoms with Gasteiger partial charge in [-0.1, -0.05) is 0 Å². The number of rotatable bonds is 4. The van der Waals surface area contributed by atoms with Crippen molar-refractivity contribution < 1.29 is 14.7 Å². The van der Waals surface area contributed by atoms with E-state index in [0.29, 0.717) is 12.2 Å². The van der Waals surface area contributed by atoms with Crippen LogP contribution in [0.2, 0.25) is 0 Å². The van der Waals surface area contributed by atoms with E-state index in [0.717, 1.165) is 5.69 Å². The fourth-order valence-corrected chi connectivity index (χ4v) is 2.56. The van der Waals surface area contributed by atoms with Gasteiger partial charge in [0.15, 0.2) is 0 Å². The first-order valence-corrected chi connectivity index (χ1v) is 6.84. The lowest BCUT2D eigenvalue weighted by molar-refractivity contribution is -0.142. The second kappa shape index (κ2) is 6.13. The van der Waals surface area contributed by atoms with Crippen LogP contribution in [0.4, 0.5) is 4.79 Å². The van der Waals surface area contributed by atoms with Gasteiger partial charge in [0.25, 0.3) is 0 Å². The van der Waals surface area contributed by atoms with Gasteiger partial charge in [-0.2, -0.15) is 0 Å². The summed E-state index contributed by atoms with van der Waals surface area (Å²) in [5.74, 6) is -1.01. The standard InChI is InChI=1S/C13H21N5O3/c1-8(5-17(2)3)16-13(21)18-6-10-9(14-7-15-10)4-11(18)12(19)20/h7-8,11H,4-6H2,1-3H3,(H,14,15)(H,16,21)(H,19,20). The van der Waals surface area contributed by atoms with E-state index in [4.69, 9.17) is 0 Å². The number of hydrogen-bond acceptors (Lipinski definition) is 4. The third-order valence-electron chi connectivity index (χ3n) is 3.45. The largest absolute Gasteiger partial charge is 0.480 e. The minimum absolute atomic E-state index is 0.0647. The number of fused-ring (bicyclic) bond motifs is 1. The van der Waals surface area contributed by atoms with Gasteiger partial charge in [-0.25, -0.2) is 14.6 Å². The maximum Gasteiger partial charge on any atom is 0.326 e. The van der Waals surface area contributed by atoms with Gasteiger partial charge in [0.2, 0.25) is 0 Å². The Labute approximate surface area is 123 Å². The van der Waals surface area contributed by atoms with Gasteiger partial charge in [-0.3, -0.25) is 0 Å². The van der Waals surface area contributed by atoms with Gasteiger partial charge in [-0.05, 0) is 21.0 Å². The topological polar surface area (TPSA) is 102 Å². The molecule has 2 heterocycles. The Bertz CT molecular complexity index is 528. The first-order chi connectivity index (χ1) is 9.88. The number of likely N-dealkylation sites (N-methyl/N-ethyl adjacent to an activating group) is 1. The number of hydrogen-bond donors (Lipinski definition) is 3. The molecule has 1 aliphatic heterocycles. The van der Waals surface area contributed by atoms with Crippen molar-refractivity contribution in [3.8, 4) is 0 Å². The highest BCUT2D eigenvalue weighted by Gasteiger charge is 2.36. The Balaban J connectivity index is 2.09. The summed E-state index contributed by atoms with van der Waals surface area (Å²) in [4.78, 5) is 34.1. The lowest BCUT2D eigenvalue weighted by Gasteiger charge is -2.33. The SMILES string of the molecule is CC(CN(C)C)NC(=O)N1Cc2[nH]cnc2CC1C(=O)O. The number of carboxylic acid groups (broad SMARTS) is 1. The summed E-state index contributed by atoms with van der Waals surface area (Å²) in [5.41, 5.74) is 1.51. The number of imidazole rings is 1. The molecule has 2 unspecified atom stereocenters. The molecule has 0 aliphatic carbocycles. The molecule has 2 rings (SSSR count). The summed E-state index contributed by atoms with van der Waals surface area (Å²) in [7, 11) is 3.83. The first-order valence-electron chi connectivity index (χ1n) is 6.84. The number of H-pyrrole nitrogens is 1. The van der Waals surface area contributed by atoms with Crippen LogP contribution in [-0.2, 0) is 17.8 Å². The third kappa shape index (κ3) is 3.52. The van der Waals surface area contributed by atoms with E-state index < -0.39 is 12.0 Å². The number of aliphatic carboxylic acids is 1. The Morgan fingerprint density at radius 1 is 1.62 bits per heavy atom. The number of carbonyl (C=O) groups is 2. The van der Waals surface area contributed by atoms with Crippen molar-refractivity contribution in [1.29, 1.82) is 0 Å². The molecule has 2 atom stereocenters. The van der Waals surface area contributed by atoms with Crippen LogP contribution < -0.4 is 5.32 Å². The third-order valence-corrected chi connectivity index (χ3v) is 3.45. The average Bonchev–Trinajstić information content (AvgIpc) is 2.82. The van der Waals surface area contributed by atoms with Crippen LogP contribution >= 0.6 is 0 Å². The van der Waals surface area contributed by atoms with Crippen LogP contribution in [0.15, 0.2) is 6.33 Å². The monoisotopic (exact) mass is 295 g/mol. The zero-order valence-corrected chi connectivity index (χ0v) is 12.5. The number of urea groups is 1. The Hall–Kier alpha value is -2.09. The number of nitrogens with one attached hydrogen (secondary N) is 2. The number of amides is 2. The molecule has 1 aliphatic rings. The molecule has 116 valence electrons. The molecule has 0 fully saturated rings. The van der Waals surface area contributed by atoms with Gasteiger partial charge < -0.3 is 25.2 Å². The molecule has 0 bridgehead atoms. The van der Waals surface area contributed by atoms with Gasteiger partial charge in [0.05, 0.1) is 24.3 Å². The predicted octanol–water partition coefficient (Wildman–Crippen LogP) is -0.119. The highest BCUT2D eigenvalue weighted by atomic mass is 16.4. The van der Waals surface area contributed by atoms with Crippen molar-refractivity contribution in [2.45, 2.75) is 32.0 Å². The summed E-state index contributed by atoms with van der Waals surface area (Å²) < 4.78 is 0. The number of aromatic nitrogens is 2. The fraction of sp³-hybridized carbons (Fsp3) is 0.615. The molecule has 0 aromatic carbocycles. The molecule has 21 heavy (non-hydrogen) atoms. The smallest absolute Gasteiger partial charge is 0.326 e. The molecular weight excluding hydrogens is 274 g/mol. The summed E-state index contributed by atoms with van der Waals surface area (Å²) in [5, 5.41) is 12.2. The Morgan fingerprint density at radius 2 is 2.33 bits per heavy atom. The molecule has 8 heteroatoms. The molecular formula is C13H21N5O3. The lowest BCUT2D eigenvalue weighted by Crippen LogP contribution is -2.54. The normalized spacial score (nSPS) is 19.2. The van der Waals surface area contributed by atoms with E-state index >= 15 is 0 Å². The second-order valence-electron chi connectivity index (χ2n) is 5.63. The minimum atomic E-state index is -1.01. The highest BCUT2D eigenvalue weighted by Crippen LogP contribution is 2.20.